The van der Waals surface area contributed by atoms with Crippen molar-refractivity contribution in [3.63, 3.8) is 0 Å². The number of anilines is 1. The van der Waals surface area contributed by atoms with E-state index in [9.17, 15) is 8.42 Å². The van der Waals surface area contributed by atoms with E-state index in [0.717, 1.165) is 6.42 Å². The molecule has 0 amide bonds. The van der Waals surface area contributed by atoms with Crippen molar-refractivity contribution in [1.82, 2.24) is 4.72 Å². The Morgan fingerprint density at radius 1 is 1.45 bits per heavy atom. The van der Waals surface area contributed by atoms with Gasteiger partial charge in [-0.15, -0.1) is 0 Å². The molecule has 1 rings (SSSR count). The van der Waals surface area contributed by atoms with Crippen LogP contribution in [0.25, 0.3) is 0 Å². The molecule has 3 N–H and O–H groups in total. The summed E-state index contributed by atoms with van der Waals surface area (Å²) in [6.45, 7) is 4.03. The summed E-state index contributed by atoms with van der Waals surface area (Å²) in [5.74, 6) is 0. The number of sulfonamides is 1. The number of rotatable bonds is 7. The highest BCUT2D eigenvalue weighted by molar-refractivity contribution is 7.89. The lowest BCUT2D eigenvalue weighted by Gasteiger charge is -2.18. The van der Waals surface area contributed by atoms with Crippen LogP contribution in [0, 0.1) is 6.92 Å². The second-order valence-corrected chi connectivity index (χ2v) is 6.80. The average molecular weight is 321 g/mol. The highest BCUT2D eigenvalue weighted by Gasteiger charge is 2.21. The summed E-state index contributed by atoms with van der Waals surface area (Å²) in [6, 6.07) is 2.62. The van der Waals surface area contributed by atoms with Gasteiger partial charge in [-0.2, -0.15) is 0 Å². The lowest BCUT2D eigenvalue weighted by atomic mass is 10.2. The van der Waals surface area contributed by atoms with Crippen molar-refractivity contribution in [2.75, 3.05) is 19.5 Å². The number of methoxy groups -OCH3 is 1. The fraction of sp³-hybridized carbons (Fsp3) is 0.538. The molecule has 0 bridgehead atoms. The number of halogens is 1. The Balaban J connectivity index is 3.04. The van der Waals surface area contributed by atoms with Crippen LogP contribution in [0.3, 0.4) is 0 Å². The van der Waals surface area contributed by atoms with Crippen molar-refractivity contribution >= 4 is 27.3 Å². The number of aryl methyl sites for hydroxylation is 1. The maximum Gasteiger partial charge on any atom is 0.240 e. The summed E-state index contributed by atoms with van der Waals surface area (Å²) >= 11 is 5.94. The van der Waals surface area contributed by atoms with Gasteiger partial charge in [-0.1, -0.05) is 24.9 Å². The normalized spacial score (nSPS) is 13.4. The van der Waals surface area contributed by atoms with Crippen molar-refractivity contribution in [2.24, 2.45) is 0 Å². The van der Waals surface area contributed by atoms with Crippen molar-refractivity contribution in [3.8, 4) is 0 Å². The summed E-state index contributed by atoms with van der Waals surface area (Å²) in [6.07, 6.45) is 1.56. The third-order valence-corrected chi connectivity index (χ3v) is 4.91. The maximum absolute atomic E-state index is 12.3. The minimum absolute atomic E-state index is 0.120. The van der Waals surface area contributed by atoms with E-state index in [-0.39, 0.29) is 16.6 Å². The van der Waals surface area contributed by atoms with E-state index >= 15 is 0 Å². The number of nitrogens with two attached hydrogens (primary N) is 1. The monoisotopic (exact) mass is 320 g/mol. The first-order valence-electron chi connectivity index (χ1n) is 6.38. The molecule has 1 atom stereocenters. The average Bonchev–Trinajstić information content (AvgIpc) is 2.35. The standard InChI is InChI=1S/C13H21ClN2O3S/c1-4-5-10(8-19-3)16-20(17,18)11-6-9(2)13(14)12(15)7-11/h6-7,10,16H,4-5,8,15H2,1-3H3. The van der Waals surface area contributed by atoms with Gasteiger partial charge < -0.3 is 10.5 Å². The smallest absolute Gasteiger partial charge is 0.240 e. The summed E-state index contributed by atoms with van der Waals surface area (Å²) in [7, 11) is -2.09. The molecule has 0 fully saturated rings. The summed E-state index contributed by atoms with van der Waals surface area (Å²) in [4.78, 5) is 0.120. The molecule has 0 spiro atoms. The molecular formula is C13H21ClN2O3S. The zero-order chi connectivity index (χ0) is 15.3. The molecule has 0 heterocycles. The van der Waals surface area contributed by atoms with Crippen LogP contribution in [-0.2, 0) is 14.8 Å². The Hall–Kier alpha value is -0.820. The lowest BCUT2D eigenvalue weighted by Crippen LogP contribution is -2.37. The largest absolute Gasteiger partial charge is 0.397 e. The number of hydrogen-bond acceptors (Lipinski definition) is 4. The van der Waals surface area contributed by atoms with Gasteiger partial charge in [-0.05, 0) is 31.0 Å². The Kier molecular flexibility index (Phi) is 6.26. The number of nitrogen functional groups attached to an aromatic ring is 1. The first-order valence-corrected chi connectivity index (χ1v) is 8.24. The molecule has 20 heavy (non-hydrogen) atoms. The fourth-order valence-corrected chi connectivity index (χ4v) is 3.42. The topological polar surface area (TPSA) is 81.4 Å². The second-order valence-electron chi connectivity index (χ2n) is 4.71. The van der Waals surface area contributed by atoms with Crippen LogP contribution in [0.1, 0.15) is 25.3 Å². The lowest BCUT2D eigenvalue weighted by molar-refractivity contribution is 0.171. The van der Waals surface area contributed by atoms with E-state index in [0.29, 0.717) is 23.6 Å². The van der Waals surface area contributed by atoms with Gasteiger partial charge in [0, 0.05) is 13.2 Å². The van der Waals surface area contributed by atoms with Crippen LogP contribution in [0.2, 0.25) is 5.02 Å². The van der Waals surface area contributed by atoms with Crippen molar-refractivity contribution in [2.45, 2.75) is 37.6 Å². The molecule has 0 radical (unpaired) electrons. The van der Waals surface area contributed by atoms with E-state index < -0.39 is 10.0 Å². The molecule has 0 saturated carbocycles. The molecule has 0 aliphatic rings. The zero-order valence-electron chi connectivity index (χ0n) is 11.9. The molecule has 0 aliphatic carbocycles. The predicted octanol–water partition coefficient (Wildman–Crippen LogP) is 2.32. The third kappa shape index (κ3) is 4.34. The van der Waals surface area contributed by atoms with Crippen LogP contribution in [0.15, 0.2) is 17.0 Å². The number of hydrogen-bond donors (Lipinski definition) is 2. The molecule has 0 aromatic heterocycles. The van der Waals surface area contributed by atoms with Crippen LogP contribution in [0.5, 0.6) is 0 Å². The van der Waals surface area contributed by atoms with Gasteiger partial charge in [0.05, 0.1) is 22.2 Å². The summed E-state index contributed by atoms with van der Waals surface area (Å²) in [5.41, 5.74) is 6.60. The first-order chi connectivity index (χ1) is 9.31. The predicted molar refractivity (Wildman–Crippen MR) is 81.5 cm³/mol. The van der Waals surface area contributed by atoms with Crippen LogP contribution in [-0.4, -0.2) is 28.2 Å². The third-order valence-electron chi connectivity index (χ3n) is 2.89. The Morgan fingerprint density at radius 2 is 2.10 bits per heavy atom. The highest BCUT2D eigenvalue weighted by atomic mass is 35.5. The van der Waals surface area contributed by atoms with Gasteiger partial charge in [0.25, 0.3) is 0 Å². The number of benzene rings is 1. The minimum atomic E-state index is -3.63. The first kappa shape index (κ1) is 17.2. The van der Waals surface area contributed by atoms with Gasteiger partial charge in [0.2, 0.25) is 10.0 Å². The minimum Gasteiger partial charge on any atom is -0.397 e. The van der Waals surface area contributed by atoms with E-state index in [4.69, 9.17) is 22.1 Å². The maximum atomic E-state index is 12.3. The summed E-state index contributed by atoms with van der Waals surface area (Å²) in [5, 5.41) is 0.381. The van der Waals surface area contributed by atoms with Gasteiger partial charge in [0.1, 0.15) is 0 Å². The number of ether oxygens (including phenoxy) is 1. The molecule has 0 aliphatic heterocycles. The molecule has 1 unspecified atom stereocenters. The van der Waals surface area contributed by atoms with E-state index in [2.05, 4.69) is 4.72 Å². The van der Waals surface area contributed by atoms with E-state index in [1.54, 1.807) is 14.0 Å². The van der Waals surface area contributed by atoms with Crippen LogP contribution < -0.4 is 10.5 Å². The van der Waals surface area contributed by atoms with Crippen molar-refractivity contribution in [3.05, 3.63) is 22.7 Å². The fourth-order valence-electron chi connectivity index (χ4n) is 1.93. The molecule has 0 saturated heterocycles. The van der Waals surface area contributed by atoms with Gasteiger partial charge in [-0.3, -0.25) is 0 Å². The van der Waals surface area contributed by atoms with Crippen molar-refractivity contribution in [1.29, 1.82) is 0 Å². The molecular weight excluding hydrogens is 300 g/mol. The Bertz CT molecular complexity index is 532. The number of nitrogens with one attached hydrogen (secondary N) is 1. The van der Waals surface area contributed by atoms with Gasteiger partial charge in [-0.25, -0.2) is 13.1 Å². The SMILES string of the molecule is CCCC(COC)NS(=O)(=O)c1cc(C)c(Cl)c(N)c1. The Labute approximate surface area is 125 Å². The van der Waals surface area contributed by atoms with Crippen LogP contribution >= 0.6 is 11.6 Å². The summed E-state index contributed by atoms with van der Waals surface area (Å²) < 4.78 is 32.4. The Morgan fingerprint density at radius 3 is 2.60 bits per heavy atom. The van der Waals surface area contributed by atoms with E-state index in [1.165, 1.54) is 12.1 Å². The highest BCUT2D eigenvalue weighted by Crippen LogP contribution is 2.26. The van der Waals surface area contributed by atoms with E-state index in [1.807, 2.05) is 6.92 Å². The molecule has 7 heteroatoms. The molecule has 114 valence electrons. The van der Waals surface area contributed by atoms with Crippen LogP contribution in [0.4, 0.5) is 5.69 Å². The molecule has 1 aromatic carbocycles. The van der Waals surface area contributed by atoms with Crippen molar-refractivity contribution < 1.29 is 13.2 Å². The zero-order valence-corrected chi connectivity index (χ0v) is 13.5. The molecule has 1 aromatic rings. The molecule has 5 nitrogen and oxygen atoms in total. The quantitative estimate of drug-likeness (QED) is 0.755. The van der Waals surface area contributed by atoms with Gasteiger partial charge in [0.15, 0.2) is 0 Å². The second kappa shape index (κ2) is 7.26. The van der Waals surface area contributed by atoms with Gasteiger partial charge >= 0.3 is 0 Å².